The van der Waals surface area contributed by atoms with Crippen molar-refractivity contribution in [3.8, 4) is 0 Å². The molecule has 0 saturated heterocycles. The molecule has 8 aliphatic rings. The van der Waals surface area contributed by atoms with Crippen molar-refractivity contribution < 1.29 is 50.7 Å². The van der Waals surface area contributed by atoms with E-state index < -0.39 is 55.6 Å². The lowest BCUT2D eigenvalue weighted by atomic mass is 9.46. The van der Waals surface area contributed by atoms with Gasteiger partial charge in [-0.2, -0.15) is 17.2 Å². The summed E-state index contributed by atoms with van der Waals surface area (Å²) in [5, 5.41) is 5.90. The summed E-state index contributed by atoms with van der Waals surface area (Å²) in [5.41, 5.74) is -3.41. The summed E-state index contributed by atoms with van der Waals surface area (Å²) in [6.45, 7) is 3.26. The SMILES string of the molecule is CC(C)C1(OC(=O)C(F)(F)S(=O)(=O)O)C2CC3CC1CC(OCC(=O)OC14CC5CC(CC(O)(C5)C1)C4)(C3)C2. The van der Waals surface area contributed by atoms with E-state index in [2.05, 4.69) is 0 Å². The maximum Gasteiger partial charge on any atom is 0.465 e. The predicted octanol–water partition coefficient (Wildman–Crippen LogP) is 3.63. The van der Waals surface area contributed by atoms with Crippen molar-refractivity contribution in [3.63, 3.8) is 0 Å². The Balaban J connectivity index is 1.15. The summed E-state index contributed by atoms with van der Waals surface area (Å²) < 4.78 is 77.4. The molecule has 0 radical (unpaired) electrons. The average Bonchev–Trinajstić information content (AvgIpc) is 2.76. The molecular formula is C27H38F2O9S. The maximum absolute atomic E-state index is 14.2. The van der Waals surface area contributed by atoms with E-state index in [1.807, 2.05) is 0 Å². The van der Waals surface area contributed by atoms with Crippen LogP contribution in [-0.2, 0) is 33.9 Å². The highest BCUT2D eigenvalue weighted by Crippen LogP contribution is 2.64. The third-order valence-corrected chi connectivity index (χ3v) is 11.8. The number of hydrogen-bond donors (Lipinski definition) is 2. The Bertz CT molecular complexity index is 1140. The largest absolute Gasteiger partial charge is 0.465 e. The molecule has 2 N–H and O–H groups in total. The van der Waals surface area contributed by atoms with E-state index in [4.69, 9.17) is 18.8 Å². The van der Waals surface area contributed by atoms with Crippen molar-refractivity contribution in [2.45, 2.75) is 112 Å². The second-order valence-electron chi connectivity index (χ2n) is 14.0. The first-order chi connectivity index (χ1) is 18.0. The van der Waals surface area contributed by atoms with Gasteiger partial charge in [0.1, 0.15) is 17.8 Å². The van der Waals surface area contributed by atoms with Gasteiger partial charge in [0.15, 0.2) is 0 Å². The Labute approximate surface area is 227 Å². The molecule has 0 spiro atoms. The van der Waals surface area contributed by atoms with Crippen molar-refractivity contribution in [3.05, 3.63) is 0 Å². The Hall–Kier alpha value is -1.37. The lowest BCUT2D eigenvalue weighted by Crippen LogP contribution is -2.68. The lowest BCUT2D eigenvalue weighted by molar-refractivity contribution is -0.272. The van der Waals surface area contributed by atoms with E-state index in [0.717, 1.165) is 32.1 Å². The highest BCUT2D eigenvalue weighted by molar-refractivity contribution is 7.87. The van der Waals surface area contributed by atoms with Crippen LogP contribution < -0.4 is 0 Å². The van der Waals surface area contributed by atoms with Crippen molar-refractivity contribution in [2.24, 2.45) is 35.5 Å². The average molecular weight is 577 g/mol. The van der Waals surface area contributed by atoms with E-state index >= 15 is 0 Å². The minimum Gasteiger partial charge on any atom is -0.457 e. The number of hydrogen-bond acceptors (Lipinski definition) is 8. The summed E-state index contributed by atoms with van der Waals surface area (Å²) in [4.78, 5) is 25.5. The van der Waals surface area contributed by atoms with Gasteiger partial charge in [-0.1, -0.05) is 13.8 Å². The third-order valence-electron chi connectivity index (χ3n) is 10.9. The molecule has 0 aromatic heterocycles. The van der Waals surface area contributed by atoms with Crippen molar-refractivity contribution in [2.75, 3.05) is 6.61 Å². The molecule has 4 unspecified atom stereocenters. The Morgan fingerprint density at radius 3 is 1.97 bits per heavy atom. The van der Waals surface area contributed by atoms with Crippen LogP contribution in [0.1, 0.15) is 84.5 Å². The molecule has 12 heteroatoms. The number of carbonyl (C=O) groups excluding carboxylic acids is 2. The predicted molar refractivity (Wildman–Crippen MR) is 131 cm³/mol. The Morgan fingerprint density at radius 2 is 1.46 bits per heavy atom. The first-order valence-corrected chi connectivity index (χ1v) is 15.6. The molecule has 8 aliphatic carbocycles. The fourth-order valence-electron chi connectivity index (χ4n) is 10.4. The van der Waals surface area contributed by atoms with E-state index in [0.29, 0.717) is 50.4 Å². The van der Waals surface area contributed by atoms with Crippen LogP contribution in [0.15, 0.2) is 0 Å². The van der Waals surface area contributed by atoms with Crippen LogP contribution in [0.3, 0.4) is 0 Å². The molecule has 0 aliphatic heterocycles. The number of ether oxygens (including phenoxy) is 3. The molecule has 0 amide bonds. The molecular weight excluding hydrogens is 538 g/mol. The monoisotopic (exact) mass is 576 g/mol. The number of aliphatic hydroxyl groups is 1. The van der Waals surface area contributed by atoms with Crippen LogP contribution in [-0.4, -0.2) is 64.3 Å². The number of halogens is 2. The normalized spacial score (nSPS) is 46.1. The van der Waals surface area contributed by atoms with Gasteiger partial charge in [0.2, 0.25) is 0 Å². The minimum absolute atomic E-state index is 0.198. The van der Waals surface area contributed by atoms with Gasteiger partial charge in [0.05, 0.1) is 11.2 Å². The van der Waals surface area contributed by atoms with Crippen LogP contribution in [0, 0.1) is 35.5 Å². The van der Waals surface area contributed by atoms with E-state index in [1.54, 1.807) is 13.8 Å². The van der Waals surface area contributed by atoms with Gasteiger partial charge in [0.25, 0.3) is 0 Å². The van der Waals surface area contributed by atoms with Crippen LogP contribution in [0.5, 0.6) is 0 Å². The van der Waals surface area contributed by atoms with E-state index in [9.17, 15) is 31.9 Å². The number of alkyl halides is 2. The van der Waals surface area contributed by atoms with Crippen LogP contribution in [0.25, 0.3) is 0 Å². The van der Waals surface area contributed by atoms with Gasteiger partial charge < -0.3 is 19.3 Å². The zero-order valence-electron chi connectivity index (χ0n) is 22.4. The van der Waals surface area contributed by atoms with Gasteiger partial charge >= 0.3 is 27.3 Å². The summed E-state index contributed by atoms with van der Waals surface area (Å²) in [5.74, 6) is -2.91. The molecule has 0 heterocycles. The number of rotatable bonds is 8. The summed E-state index contributed by atoms with van der Waals surface area (Å²) in [7, 11) is -5.98. The first kappa shape index (κ1) is 27.8. The standard InChI is InChI=1S/C27H38F2O9S/c1-15(2)26(38-22(31)27(28,29)39(33,34)35)19-4-16-5-20(26)12-24(8-16,11-19)36-13-21(30)37-25-9-17-3-18(10-25)7-23(32,6-17)14-25/h15-20,32H,3-14H2,1-2H3,(H,33,34,35). The van der Waals surface area contributed by atoms with Gasteiger partial charge in [-0.15, -0.1) is 0 Å². The number of carbonyl (C=O) groups is 2. The smallest absolute Gasteiger partial charge is 0.457 e. The molecule has 8 saturated carbocycles. The molecule has 39 heavy (non-hydrogen) atoms. The lowest BCUT2D eigenvalue weighted by Gasteiger charge is -2.65. The fraction of sp³-hybridized carbons (Fsp3) is 0.926. The van der Waals surface area contributed by atoms with E-state index in [1.165, 1.54) is 0 Å². The summed E-state index contributed by atoms with van der Waals surface area (Å²) in [6, 6.07) is 0. The van der Waals surface area contributed by atoms with Crippen LogP contribution in [0.2, 0.25) is 0 Å². The first-order valence-electron chi connectivity index (χ1n) is 14.2. The Kier molecular flexibility index (Phi) is 6.11. The molecule has 9 nitrogen and oxygen atoms in total. The second kappa shape index (κ2) is 8.58. The Morgan fingerprint density at radius 1 is 0.897 bits per heavy atom. The van der Waals surface area contributed by atoms with Crippen molar-refractivity contribution in [1.29, 1.82) is 0 Å². The topological polar surface area (TPSA) is 136 Å². The highest BCUT2D eigenvalue weighted by atomic mass is 32.2. The summed E-state index contributed by atoms with van der Waals surface area (Å²) >= 11 is 0. The zero-order chi connectivity index (χ0) is 28.2. The minimum atomic E-state index is -5.98. The van der Waals surface area contributed by atoms with Crippen molar-refractivity contribution >= 4 is 22.1 Å². The quantitative estimate of drug-likeness (QED) is 0.328. The molecule has 0 aromatic rings. The van der Waals surface area contributed by atoms with Gasteiger partial charge in [-0.05, 0) is 87.9 Å². The van der Waals surface area contributed by atoms with Gasteiger partial charge in [0, 0.05) is 18.3 Å². The van der Waals surface area contributed by atoms with Crippen LogP contribution in [0.4, 0.5) is 8.78 Å². The van der Waals surface area contributed by atoms with Gasteiger partial charge in [-0.25, -0.2) is 9.59 Å². The second-order valence-corrected chi connectivity index (χ2v) is 15.5. The third kappa shape index (κ3) is 4.34. The highest BCUT2D eigenvalue weighted by Gasteiger charge is 2.68. The van der Waals surface area contributed by atoms with E-state index in [-0.39, 0.29) is 24.4 Å². The molecule has 0 aromatic carbocycles. The van der Waals surface area contributed by atoms with Crippen molar-refractivity contribution in [1.82, 2.24) is 0 Å². The molecule has 4 atom stereocenters. The molecule has 8 fully saturated rings. The fourth-order valence-corrected chi connectivity index (χ4v) is 10.6. The molecule has 220 valence electrons. The zero-order valence-corrected chi connectivity index (χ0v) is 23.2. The maximum atomic E-state index is 14.2. The summed E-state index contributed by atoms with van der Waals surface area (Å²) in [6.07, 6.45) is 7.30. The van der Waals surface area contributed by atoms with Crippen LogP contribution >= 0.6 is 0 Å². The molecule has 8 bridgehead atoms. The number of esters is 2. The molecule has 8 rings (SSSR count). The van der Waals surface area contributed by atoms with Gasteiger partial charge in [-0.3, -0.25) is 4.55 Å².